The average molecular weight is 99.1 g/mol. The third-order valence-electron chi connectivity index (χ3n) is 0.713. The first kappa shape index (κ1) is 4.11. The summed E-state index contributed by atoms with van der Waals surface area (Å²) < 4.78 is 0. The molecule has 4 nitrogen and oxygen atoms in total. The highest BCUT2D eigenvalue weighted by molar-refractivity contribution is 4.49. The molecule has 0 saturated carbocycles. The Morgan fingerprint density at radius 2 is 2.57 bits per heavy atom. The van der Waals surface area contributed by atoms with Crippen molar-refractivity contribution in [3.8, 4) is 0 Å². The van der Waals surface area contributed by atoms with Gasteiger partial charge in [0.2, 0.25) is 6.20 Å². The summed E-state index contributed by atoms with van der Waals surface area (Å²) in [6, 6.07) is 0. The molecular formula is C3H5N3O. The molecule has 1 aromatic heterocycles. The first-order valence-corrected chi connectivity index (χ1v) is 1.88. The van der Waals surface area contributed by atoms with Gasteiger partial charge in [-0.3, -0.25) is 0 Å². The molecule has 0 unspecified atom stereocenters. The Kier molecular flexibility index (Phi) is 0.714. The molecule has 0 spiro atoms. The fourth-order valence-electron chi connectivity index (χ4n) is 0.331. The first-order chi connectivity index (χ1) is 3.30. The molecule has 0 aliphatic carbocycles. The van der Waals surface area contributed by atoms with E-state index >= 15 is 0 Å². The van der Waals surface area contributed by atoms with Crippen LogP contribution in [0.3, 0.4) is 0 Å². The summed E-state index contributed by atoms with van der Waals surface area (Å²) in [6.45, 7) is 0. The number of aromatic nitrogens is 3. The number of nitrogens with zero attached hydrogens (tertiary/aromatic N) is 3. The summed E-state index contributed by atoms with van der Waals surface area (Å²) in [4.78, 5) is 1.83. The zero-order chi connectivity index (χ0) is 5.28. The van der Waals surface area contributed by atoms with Crippen molar-refractivity contribution in [3.63, 3.8) is 0 Å². The van der Waals surface area contributed by atoms with Crippen LogP contribution < -0.4 is 4.85 Å². The molecule has 0 N–H and O–H groups in total. The highest BCUT2D eigenvalue weighted by Crippen LogP contribution is 1.62. The zero-order valence-electron chi connectivity index (χ0n) is 3.90. The predicted molar refractivity (Wildman–Crippen MR) is 22.2 cm³/mol. The van der Waals surface area contributed by atoms with E-state index in [4.69, 9.17) is 0 Å². The van der Waals surface area contributed by atoms with Gasteiger partial charge in [-0.1, -0.05) is 0 Å². The summed E-state index contributed by atoms with van der Waals surface area (Å²) in [5, 5.41) is 13.8. The van der Waals surface area contributed by atoms with Crippen LogP contribution in [0.5, 0.6) is 0 Å². The molecule has 0 bridgehead atoms. The summed E-state index contributed by atoms with van der Waals surface area (Å²) in [6.07, 6.45) is 2.77. The van der Waals surface area contributed by atoms with Crippen molar-refractivity contribution < 1.29 is 4.85 Å². The van der Waals surface area contributed by atoms with Crippen LogP contribution in [0.15, 0.2) is 12.4 Å². The minimum atomic E-state index is 0.639. The number of hydrogen-bond acceptors (Lipinski definition) is 2. The Bertz CT molecular complexity index is 142. The monoisotopic (exact) mass is 99.0 g/mol. The Morgan fingerprint density at radius 1 is 1.86 bits per heavy atom. The average Bonchev–Trinajstić information content (AvgIpc) is 1.91. The second-order valence-corrected chi connectivity index (χ2v) is 1.21. The fourth-order valence-corrected chi connectivity index (χ4v) is 0.331. The van der Waals surface area contributed by atoms with Crippen LogP contribution in [0.2, 0.25) is 0 Å². The topological polar surface area (TPSA) is 44.8 Å². The van der Waals surface area contributed by atoms with Crippen LogP contribution in [0.25, 0.3) is 0 Å². The summed E-state index contributed by atoms with van der Waals surface area (Å²) in [5.41, 5.74) is 0. The molecule has 0 amide bonds. The largest absolute Gasteiger partial charge is 0.693 e. The second-order valence-electron chi connectivity index (χ2n) is 1.21. The van der Waals surface area contributed by atoms with Crippen LogP contribution in [0, 0.1) is 5.21 Å². The number of aryl methyl sites for hydroxylation is 1. The molecule has 1 rings (SSSR count). The molecule has 0 aliphatic rings. The van der Waals surface area contributed by atoms with Crippen LogP contribution >= 0.6 is 0 Å². The SMILES string of the molecule is Cn1ncc[n+]1[O-]. The molecule has 1 heterocycles. The molecule has 4 heteroatoms. The van der Waals surface area contributed by atoms with Gasteiger partial charge in [0.05, 0.1) is 7.05 Å². The van der Waals surface area contributed by atoms with Crippen molar-refractivity contribution >= 4 is 0 Å². The van der Waals surface area contributed by atoms with E-state index in [2.05, 4.69) is 5.10 Å². The van der Waals surface area contributed by atoms with Crippen LogP contribution in [-0.4, -0.2) is 9.90 Å². The Morgan fingerprint density at radius 3 is 2.71 bits per heavy atom. The lowest BCUT2D eigenvalue weighted by Crippen LogP contribution is -2.34. The molecule has 0 fully saturated rings. The second kappa shape index (κ2) is 1.22. The van der Waals surface area contributed by atoms with Crippen molar-refractivity contribution in [2.45, 2.75) is 0 Å². The quantitative estimate of drug-likeness (QED) is 0.311. The van der Waals surface area contributed by atoms with E-state index in [0.29, 0.717) is 4.85 Å². The molecule has 0 saturated heterocycles. The number of hydrogen-bond donors (Lipinski definition) is 0. The van der Waals surface area contributed by atoms with Gasteiger partial charge < -0.3 is 5.21 Å². The molecule has 0 aliphatic heterocycles. The lowest BCUT2D eigenvalue weighted by molar-refractivity contribution is -0.696. The van der Waals surface area contributed by atoms with Gasteiger partial charge in [-0.25, -0.2) is 0 Å². The molecule has 0 aromatic carbocycles. The van der Waals surface area contributed by atoms with Crippen molar-refractivity contribution in [2.24, 2.45) is 7.05 Å². The van der Waals surface area contributed by atoms with E-state index in [-0.39, 0.29) is 0 Å². The maximum atomic E-state index is 10.2. The van der Waals surface area contributed by atoms with Gasteiger partial charge in [0.1, 0.15) is 0 Å². The van der Waals surface area contributed by atoms with E-state index in [0.717, 1.165) is 0 Å². The number of rotatable bonds is 0. The molecule has 1 aromatic rings. The summed E-state index contributed by atoms with van der Waals surface area (Å²) in [5.74, 6) is 0. The minimum absolute atomic E-state index is 0.639. The van der Waals surface area contributed by atoms with E-state index in [1.165, 1.54) is 17.2 Å². The smallest absolute Gasteiger partial charge is 0.206 e. The van der Waals surface area contributed by atoms with Gasteiger partial charge in [0.25, 0.3) is 0 Å². The van der Waals surface area contributed by atoms with Gasteiger partial charge >= 0.3 is 0 Å². The molecule has 0 radical (unpaired) electrons. The van der Waals surface area contributed by atoms with Crippen LogP contribution in [0.1, 0.15) is 0 Å². The summed E-state index contributed by atoms with van der Waals surface area (Å²) >= 11 is 0. The standard InChI is InChI=1S/C3H5N3O/c1-5-4-2-3-6(5)7/h2-3H,1H3. The third-order valence-corrected chi connectivity index (χ3v) is 0.713. The highest BCUT2D eigenvalue weighted by Gasteiger charge is 1.88. The Hall–Kier alpha value is -1.06. The highest BCUT2D eigenvalue weighted by atomic mass is 16.5. The van der Waals surface area contributed by atoms with Crippen molar-refractivity contribution in [2.75, 3.05) is 0 Å². The normalized spacial score (nSPS) is 9.29. The Balaban J connectivity index is 3.12. The fraction of sp³-hybridized carbons (Fsp3) is 0.333. The molecular weight excluding hydrogens is 94.1 g/mol. The van der Waals surface area contributed by atoms with Gasteiger partial charge in [0.15, 0.2) is 6.20 Å². The maximum absolute atomic E-state index is 10.2. The van der Waals surface area contributed by atoms with Crippen molar-refractivity contribution in [1.29, 1.82) is 0 Å². The van der Waals surface area contributed by atoms with Crippen LogP contribution in [0.4, 0.5) is 0 Å². The van der Waals surface area contributed by atoms with E-state index < -0.39 is 0 Å². The third kappa shape index (κ3) is 0.534. The van der Waals surface area contributed by atoms with Gasteiger partial charge in [0, 0.05) is 5.10 Å². The predicted octanol–water partition coefficient (Wildman–Crippen LogP) is -0.946. The van der Waals surface area contributed by atoms with E-state index in [1.807, 2.05) is 0 Å². The lowest BCUT2D eigenvalue weighted by atomic mass is 11.0. The van der Waals surface area contributed by atoms with Crippen molar-refractivity contribution in [1.82, 2.24) is 9.90 Å². The zero-order valence-corrected chi connectivity index (χ0v) is 3.90. The van der Waals surface area contributed by atoms with E-state index in [9.17, 15) is 5.21 Å². The maximum Gasteiger partial charge on any atom is 0.206 e. The van der Waals surface area contributed by atoms with Gasteiger partial charge in [-0.15, -0.1) is 0 Å². The molecule has 7 heavy (non-hydrogen) atoms. The van der Waals surface area contributed by atoms with Gasteiger partial charge in [-0.2, -0.15) is 4.85 Å². The van der Waals surface area contributed by atoms with Gasteiger partial charge in [-0.05, 0) is 4.80 Å². The van der Waals surface area contributed by atoms with Crippen LogP contribution in [-0.2, 0) is 7.05 Å². The van der Waals surface area contributed by atoms with E-state index in [1.54, 1.807) is 7.05 Å². The summed E-state index contributed by atoms with van der Waals surface area (Å²) in [7, 11) is 1.58. The Labute approximate surface area is 40.5 Å². The lowest BCUT2D eigenvalue weighted by Gasteiger charge is -1.93. The van der Waals surface area contributed by atoms with Crippen molar-refractivity contribution in [3.05, 3.63) is 17.6 Å². The minimum Gasteiger partial charge on any atom is -0.693 e. The first-order valence-electron chi connectivity index (χ1n) is 1.88. The molecule has 0 atom stereocenters. The molecule has 38 valence electrons.